The second-order valence-corrected chi connectivity index (χ2v) is 5.11. The predicted octanol–water partition coefficient (Wildman–Crippen LogP) is 1.20. The molecular weight excluding hydrogens is 297 g/mol. The van der Waals surface area contributed by atoms with Crippen LogP contribution in [0.1, 0.15) is 24.2 Å². The van der Waals surface area contributed by atoms with Crippen LogP contribution in [-0.2, 0) is 0 Å². The Morgan fingerprint density at radius 3 is 2.60 bits per heavy atom. The van der Waals surface area contributed by atoms with Gasteiger partial charge in [-0.05, 0) is 25.4 Å². The standard InChI is InChI=1S/C10H15F3N4O2S/c1-4(2)16-8(19)6-7(14)17-20-9(6)15-3-5(18)10(11,12)13/h4-5,15,18H,3H2,1-2H3,(H2,14,17)(H,16,19). The van der Waals surface area contributed by atoms with Crippen molar-refractivity contribution in [3.05, 3.63) is 5.56 Å². The van der Waals surface area contributed by atoms with Gasteiger partial charge in [-0.15, -0.1) is 0 Å². The van der Waals surface area contributed by atoms with E-state index < -0.39 is 24.7 Å². The van der Waals surface area contributed by atoms with E-state index in [1.165, 1.54) is 0 Å². The Bertz CT molecular complexity index is 476. The molecule has 0 aliphatic heterocycles. The summed E-state index contributed by atoms with van der Waals surface area (Å²) in [5.41, 5.74) is 5.51. The minimum Gasteiger partial charge on any atom is -0.382 e. The fraction of sp³-hybridized carbons (Fsp3) is 0.600. The maximum atomic E-state index is 12.2. The third-order valence-electron chi connectivity index (χ3n) is 2.20. The SMILES string of the molecule is CC(C)NC(=O)c1c(N)nsc1NCC(O)C(F)(F)F. The van der Waals surface area contributed by atoms with E-state index in [4.69, 9.17) is 10.8 Å². The van der Waals surface area contributed by atoms with E-state index in [-0.39, 0.29) is 22.4 Å². The molecule has 114 valence electrons. The molecule has 6 nitrogen and oxygen atoms in total. The van der Waals surface area contributed by atoms with Crippen LogP contribution in [0.4, 0.5) is 24.0 Å². The number of aromatic nitrogens is 1. The number of hydrogen-bond donors (Lipinski definition) is 4. The zero-order valence-corrected chi connectivity index (χ0v) is 11.6. The quantitative estimate of drug-likeness (QED) is 0.654. The highest BCUT2D eigenvalue weighted by Crippen LogP contribution is 2.28. The number of halogens is 3. The van der Waals surface area contributed by atoms with E-state index in [0.29, 0.717) is 0 Å². The van der Waals surface area contributed by atoms with Crippen molar-refractivity contribution in [1.82, 2.24) is 9.69 Å². The van der Waals surface area contributed by atoms with Crippen molar-refractivity contribution in [2.45, 2.75) is 32.2 Å². The summed E-state index contributed by atoms with van der Waals surface area (Å²) in [6.07, 6.45) is -7.27. The monoisotopic (exact) mass is 312 g/mol. The second kappa shape index (κ2) is 6.27. The molecule has 0 saturated heterocycles. The maximum absolute atomic E-state index is 12.2. The third-order valence-corrected chi connectivity index (χ3v) is 3.02. The van der Waals surface area contributed by atoms with Gasteiger partial charge < -0.3 is 21.5 Å². The molecule has 1 amide bonds. The van der Waals surface area contributed by atoms with Crippen LogP contribution in [0.15, 0.2) is 0 Å². The zero-order valence-electron chi connectivity index (χ0n) is 10.8. The highest BCUT2D eigenvalue weighted by Gasteiger charge is 2.38. The molecule has 0 aliphatic carbocycles. The van der Waals surface area contributed by atoms with Gasteiger partial charge in [-0.25, -0.2) is 0 Å². The summed E-state index contributed by atoms with van der Waals surface area (Å²) in [6, 6.07) is -0.157. The number of nitrogen functional groups attached to an aromatic ring is 1. The van der Waals surface area contributed by atoms with E-state index in [1.807, 2.05) is 0 Å². The number of nitrogens with zero attached hydrogens (tertiary/aromatic N) is 1. The van der Waals surface area contributed by atoms with Crippen molar-refractivity contribution in [3.8, 4) is 0 Å². The fourth-order valence-corrected chi connectivity index (χ4v) is 2.00. The Morgan fingerprint density at radius 1 is 1.50 bits per heavy atom. The van der Waals surface area contributed by atoms with Crippen LogP contribution in [0, 0.1) is 0 Å². The number of aliphatic hydroxyl groups excluding tert-OH is 1. The molecule has 0 aromatic carbocycles. The molecule has 0 saturated carbocycles. The van der Waals surface area contributed by atoms with Crippen LogP contribution >= 0.6 is 11.5 Å². The molecule has 5 N–H and O–H groups in total. The first-order valence-electron chi connectivity index (χ1n) is 5.67. The van der Waals surface area contributed by atoms with Crippen LogP contribution in [-0.4, -0.2) is 40.3 Å². The molecule has 1 rings (SSSR count). The van der Waals surface area contributed by atoms with Gasteiger partial charge in [0.25, 0.3) is 5.91 Å². The summed E-state index contributed by atoms with van der Waals surface area (Å²) in [5.74, 6) is -0.604. The Balaban J connectivity index is 2.80. The molecule has 0 aliphatic rings. The van der Waals surface area contributed by atoms with Gasteiger partial charge in [0, 0.05) is 6.04 Å². The minimum absolute atomic E-state index is 0.0157. The number of amides is 1. The lowest BCUT2D eigenvalue weighted by Crippen LogP contribution is -2.35. The molecule has 1 atom stereocenters. The molecule has 1 unspecified atom stereocenters. The van der Waals surface area contributed by atoms with Crippen LogP contribution in [0.3, 0.4) is 0 Å². The summed E-state index contributed by atoms with van der Waals surface area (Å²) in [7, 11) is 0. The van der Waals surface area contributed by atoms with Crippen LogP contribution < -0.4 is 16.4 Å². The number of carbonyl (C=O) groups is 1. The van der Waals surface area contributed by atoms with Gasteiger partial charge in [0.1, 0.15) is 10.6 Å². The lowest BCUT2D eigenvalue weighted by Gasteiger charge is -2.15. The van der Waals surface area contributed by atoms with Crippen molar-refractivity contribution in [2.75, 3.05) is 17.6 Å². The van der Waals surface area contributed by atoms with Gasteiger partial charge in [-0.1, -0.05) is 0 Å². The fourth-order valence-electron chi connectivity index (χ4n) is 1.28. The Hall–Kier alpha value is -1.55. The van der Waals surface area contributed by atoms with E-state index >= 15 is 0 Å². The summed E-state index contributed by atoms with van der Waals surface area (Å²) < 4.78 is 40.3. The van der Waals surface area contributed by atoms with Gasteiger partial charge in [0.15, 0.2) is 11.9 Å². The molecule has 1 heterocycles. The minimum atomic E-state index is -4.73. The largest absolute Gasteiger partial charge is 0.416 e. The summed E-state index contributed by atoms with van der Waals surface area (Å²) in [6.45, 7) is 2.68. The number of rotatable bonds is 5. The third kappa shape index (κ3) is 4.23. The number of alkyl halides is 3. The van der Waals surface area contributed by atoms with Crippen molar-refractivity contribution in [3.63, 3.8) is 0 Å². The molecular formula is C10H15F3N4O2S. The van der Waals surface area contributed by atoms with E-state index in [9.17, 15) is 18.0 Å². The normalized spacial score (nSPS) is 13.3. The topological polar surface area (TPSA) is 100 Å². The first-order chi connectivity index (χ1) is 9.12. The van der Waals surface area contributed by atoms with Gasteiger partial charge >= 0.3 is 6.18 Å². The van der Waals surface area contributed by atoms with Crippen LogP contribution in [0.5, 0.6) is 0 Å². The number of anilines is 2. The van der Waals surface area contributed by atoms with E-state index in [2.05, 4.69) is 15.0 Å². The van der Waals surface area contributed by atoms with Crippen molar-refractivity contribution in [2.24, 2.45) is 0 Å². The van der Waals surface area contributed by atoms with Gasteiger partial charge in [0.2, 0.25) is 0 Å². The van der Waals surface area contributed by atoms with Crippen molar-refractivity contribution < 1.29 is 23.1 Å². The lowest BCUT2D eigenvalue weighted by molar-refractivity contribution is -0.198. The lowest BCUT2D eigenvalue weighted by atomic mass is 10.2. The maximum Gasteiger partial charge on any atom is 0.416 e. The highest BCUT2D eigenvalue weighted by atomic mass is 32.1. The Morgan fingerprint density at radius 2 is 2.10 bits per heavy atom. The van der Waals surface area contributed by atoms with Crippen LogP contribution in [0.25, 0.3) is 0 Å². The molecule has 0 fully saturated rings. The molecule has 10 heteroatoms. The molecule has 1 aromatic rings. The van der Waals surface area contributed by atoms with E-state index in [0.717, 1.165) is 11.5 Å². The van der Waals surface area contributed by atoms with Crippen molar-refractivity contribution in [1.29, 1.82) is 0 Å². The zero-order chi connectivity index (χ0) is 15.5. The molecule has 0 radical (unpaired) electrons. The first-order valence-corrected chi connectivity index (χ1v) is 6.45. The van der Waals surface area contributed by atoms with E-state index in [1.54, 1.807) is 13.8 Å². The highest BCUT2D eigenvalue weighted by molar-refractivity contribution is 7.11. The first kappa shape index (κ1) is 16.5. The molecule has 0 bridgehead atoms. The van der Waals surface area contributed by atoms with Gasteiger partial charge in [0.05, 0.1) is 6.54 Å². The number of hydrogen-bond acceptors (Lipinski definition) is 6. The van der Waals surface area contributed by atoms with Crippen molar-refractivity contribution >= 4 is 28.3 Å². The van der Waals surface area contributed by atoms with Crippen LogP contribution in [0.2, 0.25) is 0 Å². The summed E-state index contributed by atoms with van der Waals surface area (Å²) in [5, 5.41) is 13.9. The van der Waals surface area contributed by atoms with Gasteiger partial charge in [-0.2, -0.15) is 17.5 Å². The predicted molar refractivity (Wildman–Crippen MR) is 69.7 cm³/mol. The molecule has 0 spiro atoms. The molecule has 20 heavy (non-hydrogen) atoms. The second-order valence-electron chi connectivity index (χ2n) is 4.34. The number of nitrogens with one attached hydrogen (secondary N) is 2. The Kier molecular flexibility index (Phi) is 5.17. The average Bonchev–Trinajstić information content (AvgIpc) is 2.65. The number of nitrogens with two attached hydrogens (primary N) is 1. The smallest absolute Gasteiger partial charge is 0.382 e. The number of aliphatic hydroxyl groups is 1. The summed E-state index contributed by atoms with van der Waals surface area (Å²) >= 11 is 0.759. The summed E-state index contributed by atoms with van der Waals surface area (Å²) in [4.78, 5) is 11.9. The van der Waals surface area contributed by atoms with Gasteiger partial charge in [-0.3, -0.25) is 4.79 Å². The Labute approximate surface area is 117 Å². The number of carbonyl (C=O) groups excluding carboxylic acids is 1. The molecule has 1 aromatic heterocycles. The average molecular weight is 312 g/mol.